The Balaban J connectivity index is 2.58. The molecule has 0 saturated heterocycles. The first kappa shape index (κ1) is 7.19. The van der Waals surface area contributed by atoms with E-state index in [0.717, 1.165) is 17.7 Å². The maximum absolute atomic E-state index is 5.90. The van der Waals surface area contributed by atoms with Crippen LogP contribution in [0, 0.1) is 0 Å². The van der Waals surface area contributed by atoms with Gasteiger partial charge in [-0.2, -0.15) is 0 Å². The number of hydrogen-bond donors (Lipinski definition) is 2. The molecule has 0 aliphatic heterocycles. The molecule has 0 spiro atoms. The SMILES string of the molecule is NC1CCc2cccc(S)c21. The molecule has 58 valence electrons. The van der Waals surface area contributed by atoms with Crippen LogP contribution in [0.3, 0.4) is 0 Å². The maximum atomic E-state index is 5.90. The molecule has 1 unspecified atom stereocenters. The van der Waals surface area contributed by atoms with Gasteiger partial charge in [-0.15, -0.1) is 12.6 Å². The number of fused-ring (bicyclic) bond motifs is 1. The summed E-state index contributed by atoms with van der Waals surface area (Å²) in [5.74, 6) is 0. The Kier molecular flexibility index (Phi) is 1.66. The quantitative estimate of drug-likeness (QED) is 0.564. The Morgan fingerprint density at radius 1 is 1.45 bits per heavy atom. The lowest BCUT2D eigenvalue weighted by Gasteiger charge is -2.06. The van der Waals surface area contributed by atoms with E-state index in [1.807, 2.05) is 12.1 Å². The molecule has 0 fully saturated rings. The minimum atomic E-state index is 0.221. The lowest BCUT2D eigenvalue weighted by atomic mass is 10.1. The molecule has 0 heterocycles. The Bertz CT molecular complexity index is 283. The van der Waals surface area contributed by atoms with Crippen molar-refractivity contribution in [1.82, 2.24) is 0 Å². The molecule has 1 nitrogen and oxygen atoms in total. The van der Waals surface area contributed by atoms with Gasteiger partial charge in [0.1, 0.15) is 0 Å². The maximum Gasteiger partial charge on any atom is 0.0311 e. The molecule has 2 N–H and O–H groups in total. The van der Waals surface area contributed by atoms with Gasteiger partial charge in [-0.25, -0.2) is 0 Å². The summed E-state index contributed by atoms with van der Waals surface area (Å²) in [5.41, 5.74) is 8.54. The van der Waals surface area contributed by atoms with Crippen molar-refractivity contribution in [3.05, 3.63) is 29.3 Å². The van der Waals surface area contributed by atoms with Crippen LogP contribution < -0.4 is 5.73 Å². The van der Waals surface area contributed by atoms with Gasteiger partial charge in [-0.05, 0) is 30.0 Å². The summed E-state index contributed by atoms with van der Waals surface area (Å²) in [4.78, 5) is 1.05. The molecule has 1 aliphatic rings. The Morgan fingerprint density at radius 2 is 2.27 bits per heavy atom. The molecular formula is C9H11NS. The highest BCUT2D eigenvalue weighted by Gasteiger charge is 2.20. The summed E-state index contributed by atoms with van der Waals surface area (Å²) in [6, 6.07) is 6.41. The zero-order chi connectivity index (χ0) is 7.84. The summed E-state index contributed by atoms with van der Waals surface area (Å²) in [6.07, 6.45) is 2.19. The van der Waals surface area contributed by atoms with Crippen molar-refractivity contribution in [2.75, 3.05) is 0 Å². The zero-order valence-electron chi connectivity index (χ0n) is 6.25. The molecule has 1 aromatic rings. The van der Waals surface area contributed by atoms with Crippen LogP contribution in [0.2, 0.25) is 0 Å². The highest BCUT2D eigenvalue weighted by atomic mass is 32.1. The van der Waals surface area contributed by atoms with Crippen LogP contribution in [0.5, 0.6) is 0 Å². The van der Waals surface area contributed by atoms with Crippen LogP contribution in [0.25, 0.3) is 0 Å². The smallest absolute Gasteiger partial charge is 0.0311 e. The molecule has 0 aromatic heterocycles. The summed E-state index contributed by atoms with van der Waals surface area (Å²) in [6.45, 7) is 0. The number of thiol groups is 1. The molecule has 0 saturated carbocycles. The van der Waals surface area contributed by atoms with Gasteiger partial charge in [0, 0.05) is 10.9 Å². The molecule has 0 radical (unpaired) electrons. The second-order valence-electron chi connectivity index (χ2n) is 3.00. The van der Waals surface area contributed by atoms with E-state index >= 15 is 0 Å². The Morgan fingerprint density at radius 3 is 3.00 bits per heavy atom. The van der Waals surface area contributed by atoms with Gasteiger partial charge in [0.25, 0.3) is 0 Å². The van der Waals surface area contributed by atoms with Gasteiger partial charge in [-0.1, -0.05) is 12.1 Å². The topological polar surface area (TPSA) is 26.0 Å². The highest BCUT2D eigenvalue weighted by Crippen LogP contribution is 2.33. The van der Waals surface area contributed by atoms with Gasteiger partial charge in [0.05, 0.1) is 0 Å². The molecule has 1 aliphatic carbocycles. The fourth-order valence-corrected chi connectivity index (χ4v) is 2.10. The van der Waals surface area contributed by atoms with E-state index in [2.05, 4.69) is 18.7 Å². The monoisotopic (exact) mass is 165 g/mol. The number of rotatable bonds is 0. The number of nitrogens with two attached hydrogens (primary N) is 1. The fraction of sp³-hybridized carbons (Fsp3) is 0.333. The van der Waals surface area contributed by atoms with Gasteiger partial charge < -0.3 is 5.73 Å². The highest BCUT2D eigenvalue weighted by molar-refractivity contribution is 7.80. The van der Waals surface area contributed by atoms with Crippen molar-refractivity contribution >= 4 is 12.6 Å². The molecule has 1 aromatic carbocycles. The standard InChI is InChI=1S/C9H11NS/c10-7-5-4-6-2-1-3-8(11)9(6)7/h1-3,7,11H,4-5,10H2. The van der Waals surface area contributed by atoms with Crippen LogP contribution in [0.4, 0.5) is 0 Å². The lowest BCUT2D eigenvalue weighted by molar-refractivity contribution is 0.705. The van der Waals surface area contributed by atoms with Gasteiger partial charge in [-0.3, -0.25) is 0 Å². The van der Waals surface area contributed by atoms with Crippen molar-refractivity contribution in [3.8, 4) is 0 Å². The molecular weight excluding hydrogens is 154 g/mol. The fourth-order valence-electron chi connectivity index (χ4n) is 1.70. The van der Waals surface area contributed by atoms with Gasteiger partial charge in [0.2, 0.25) is 0 Å². The van der Waals surface area contributed by atoms with Crippen LogP contribution in [-0.4, -0.2) is 0 Å². The van der Waals surface area contributed by atoms with Crippen molar-refractivity contribution in [1.29, 1.82) is 0 Å². The number of benzene rings is 1. The van der Waals surface area contributed by atoms with Crippen LogP contribution >= 0.6 is 12.6 Å². The summed E-state index contributed by atoms with van der Waals surface area (Å²) in [7, 11) is 0. The normalized spacial score (nSPS) is 21.8. The van der Waals surface area contributed by atoms with Crippen LogP contribution in [0.15, 0.2) is 23.1 Å². The first-order chi connectivity index (χ1) is 5.29. The number of hydrogen-bond acceptors (Lipinski definition) is 2. The number of aryl methyl sites for hydroxylation is 1. The lowest BCUT2D eigenvalue weighted by Crippen LogP contribution is -2.05. The largest absolute Gasteiger partial charge is 0.324 e. The van der Waals surface area contributed by atoms with E-state index < -0.39 is 0 Å². The van der Waals surface area contributed by atoms with Crippen LogP contribution in [-0.2, 0) is 6.42 Å². The zero-order valence-corrected chi connectivity index (χ0v) is 7.14. The molecule has 0 bridgehead atoms. The second-order valence-corrected chi connectivity index (χ2v) is 3.48. The molecule has 0 amide bonds. The average molecular weight is 165 g/mol. The molecule has 2 rings (SSSR count). The van der Waals surface area contributed by atoms with E-state index in [9.17, 15) is 0 Å². The predicted molar refractivity (Wildman–Crippen MR) is 48.9 cm³/mol. The first-order valence-electron chi connectivity index (χ1n) is 3.85. The Hall–Kier alpha value is -0.470. The molecule has 11 heavy (non-hydrogen) atoms. The van der Waals surface area contributed by atoms with E-state index in [4.69, 9.17) is 5.73 Å². The predicted octanol–water partition coefficient (Wildman–Crippen LogP) is 1.92. The van der Waals surface area contributed by atoms with E-state index in [-0.39, 0.29) is 6.04 Å². The minimum Gasteiger partial charge on any atom is -0.324 e. The van der Waals surface area contributed by atoms with Gasteiger partial charge in [0.15, 0.2) is 0 Å². The third-order valence-electron chi connectivity index (χ3n) is 2.27. The molecule has 2 heteroatoms. The summed E-state index contributed by atoms with van der Waals surface area (Å²) < 4.78 is 0. The van der Waals surface area contributed by atoms with Crippen molar-refractivity contribution in [3.63, 3.8) is 0 Å². The first-order valence-corrected chi connectivity index (χ1v) is 4.30. The summed E-state index contributed by atoms with van der Waals surface area (Å²) >= 11 is 4.37. The van der Waals surface area contributed by atoms with Gasteiger partial charge >= 0.3 is 0 Å². The third kappa shape index (κ3) is 1.06. The third-order valence-corrected chi connectivity index (χ3v) is 2.66. The van der Waals surface area contributed by atoms with Crippen molar-refractivity contribution < 1.29 is 0 Å². The summed E-state index contributed by atoms with van der Waals surface area (Å²) in [5, 5.41) is 0. The van der Waals surface area contributed by atoms with Crippen molar-refractivity contribution in [2.24, 2.45) is 5.73 Å². The van der Waals surface area contributed by atoms with Crippen LogP contribution in [0.1, 0.15) is 23.6 Å². The van der Waals surface area contributed by atoms with E-state index in [0.29, 0.717) is 0 Å². The second kappa shape index (κ2) is 2.54. The average Bonchev–Trinajstić information content (AvgIpc) is 2.34. The minimum absolute atomic E-state index is 0.221. The van der Waals surface area contributed by atoms with E-state index in [1.165, 1.54) is 11.1 Å². The Labute approximate surface area is 72.0 Å². The van der Waals surface area contributed by atoms with E-state index in [1.54, 1.807) is 0 Å². The molecule has 1 atom stereocenters. The van der Waals surface area contributed by atoms with Crippen molar-refractivity contribution in [2.45, 2.75) is 23.8 Å².